The summed E-state index contributed by atoms with van der Waals surface area (Å²) in [7, 11) is 0. The van der Waals surface area contributed by atoms with E-state index in [4.69, 9.17) is 11.6 Å². The number of hydrogen-bond acceptors (Lipinski definition) is 2. The number of nitrogens with zero attached hydrogens (tertiary/aromatic N) is 3. The van der Waals surface area contributed by atoms with Crippen molar-refractivity contribution in [1.29, 1.82) is 0 Å². The van der Waals surface area contributed by atoms with Crippen LogP contribution in [0.25, 0.3) is 0 Å². The Bertz CT molecular complexity index is 329. The molecule has 0 amide bonds. The smallest absolute Gasteiger partial charge is 0.147 e. The SMILES string of the molecule is ClCc1nncn1CC(C1CC1)C1CC1. The standard InChI is InChI=1S/C11H16ClN3/c12-5-11-14-13-7-15(11)6-10(8-1-2-8)9-3-4-9/h7-10H,1-6H2. The van der Waals surface area contributed by atoms with Gasteiger partial charge in [-0.3, -0.25) is 0 Å². The molecule has 0 atom stereocenters. The Morgan fingerprint density at radius 2 is 2.00 bits per heavy atom. The van der Waals surface area contributed by atoms with Gasteiger partial charge in [0.1, 0.15) is 12.2 Å². The largest absolute Gasteiger partial charge is 0.316 e. The van der Waals surface area contributed by atoms with Gasteiger partial charge in [0.15, 0.2) is 0 Å². The number of halogens is 1. The monoisotopic (exact) mass is 225 g/mol. The lowest BCUT2D eigenvalue weighted by molar-refractivity contribution is 0.345. The van der Waals surface area contributed by atoms with Gasteiger partial charge >= 0.3 is 0 Å². The molecular weight excluding hydrogens is 210 g/mol. The van der Waals surface area contributed by atoms with Crippen molar-refractivity contribution < 1.29 is 0 Å². The lowest BCUT2D eigenvalue weighted by Crippen LogP contribution is -2.16. The molecule has 15 heavy (non-hydrogen) atoms. The molecule has 2 aliphatic rings. The summed E-state index contributed by atoms with van der Waals surface area (Å²) in [4.78, 5) is 0. The number of rotatable bonds is 5. The Morgan fingerprint density at radius 1 is 1.33 bits per heavy atom. The average Bonchev–Trinajstić information content (AvgIpc) is 3.14. The van der Waals surface area contributed by atoms with Gasteiger partial charge in [-0.1, -0.05) is 0 Å². The lowest BCUT2D eigenvalue weighted by Gasteiger charge is -2.16. The van der Waals surface area contributed by atoms with Crippen LogP contribution in [-0.4, -0.2) is 14.8 Å². The fourth-order valence-electron chi connectivity index (χ4n) is 2.49. The average molecular weight is 226 g/mol. The third-order valence-electron chi connectivity index (χ3n) is 3.68. The number of aromatic nitrogens is 3. The van der Waals surface area contributed by atoms with Gasteiger partial charge in [0.2, 0.25) is 0 Å². The first-order chi connectivity index (χ1) is 7.38. The van der Waals surface area contributed by atoms with Gasteiger partial charge in [0, 0.05) is 6.54 Å². The maximum atomic E-state index is 5.82. The minimum absolute atomic E-state index is 0.474. The molecule has 0 saturated heterocycles. The van der Waals surface area contributed by atoms with E-state index in [2.05, 4.69) is 14.8 Å². The van der Waals surface area contributed by atoms with E-state index in [1.54, 1.807) is 0 Å². The first-order valence-corrected chi connectivity index (χ1v) is 6.34. The molecule has 0 unspecified atom stereocenters. The predicted octanol–water partition coefficient (Wildman–Crippen LogP) is 2.45. The summed E-state index contributed by atoms with van der Waals surface area (Å²) in [5.74, 6) is 4.21. The molecular formula is C11H16ClN3. The molecule has 1 heterocycles. The normalized spacial score (nSPS) is 21.2. The first-order valence-electron chi connectivity index (χ1n) is 5.81. The molecule has 4 heteroatoms. The van der Waals surface area contributed by atoms with Crippen molar-refractivity contribution in [3.05, 3.63) is 12.2 Å². The third-order valence-corrected chi connectivity index (χ3v) is 3.92. The highest BCUT2D eigenvalue weighted by Crippen LogP contribution is 2.49. The topological polar surface area (TPSA) is 30.7 Å². The lowest BCUT2D eigenvalue weighted by atomic mass is 9.98. The highest BCUT2D eigenvalue weighted by Gasteiger charge is 2.41. The van der Waals surface area contributed by atoms with Crippen LogP contribution in [0.3, 0.4) is 0 Å². The second-order valence-electron chi connectivity index (χ2n) is 4.87. The highest BCUT2D eigenvalue weighted by molar-refractivity contribution is 6.16. The summed E-state index contributed by atoms with van der Waals surface area (Å²) in [6.45, 7) is 1.09. The van der Waals surface area contributed by atoms with Crippen LogP contribution in [0.2, 0.25) is 0 Å². The van der Waals surface area contributed by atoms with Crippen molar-refractivity contribution in [3.63, 3.8) is 0 Å². The summed E-state index contributed by atoms with van der Waals surface area (Å²) >= 11 is 5.82. The van der Waals surface area contributed by atoms with Crippen LogP contribution < -0.4 is 0 Å². The molecule has 82 valence electrons. The fourth-order valence-corrected chi connectivity index (χ4v) is 2.70. The molecule has 0 N–H and O–H groups in total. The van der Waals surface area contributed by atoms with Gasteiger partial charge in [-0.15, -0.1) is 21.8 Å². The Balaban J connectivity index is 1.71. The Morgan fingerprint density at radius 3 is 2.53 bits per heavy atom. The zero-order valence-corrected chi connectivity index (χ0v) is 9.53. The van der Waals surface area contributed by atoms with Crippen LogP contribution in [0.4, 0.5) is 0 Å². The molecule has 3 nitrogen and oxygen atoms in total. The summed E-state index contributed by atoms with van der Waals surface area (Å²) in [6, 6.07) is 0. The summed E-state index contributed by atoms with van der Waals surface area (Å²) in [5, 5.41) is 7.96. The van der Waals surface area contributed by atoms with Gasteiger partial charge in [0.05, 0.1) is 5.88 Å². The van der Waals surface area contributed by atoms with Gasteiger partial charge in [-0.05, 0) is 43.4 Å². The zero-order valence-electron chi connectivity index (χ0n) is 8.77. The fraction of sp³-hybridized carbons (Fsp3) is 0.818. The quantitative estimate of drug-likeness (QED) is 0.721. The maximum Gasteiger partial charge on any atom is 0.147 e. The second kappa shape index (κ2) is 3.78. The summed E-state index contributed by atoms with van der Waals surface area (Å²) < 4.78 is 2.15. The van der Waals surface area contributed by atoms with Gasteiger partial charge < -0.3 is 4.57 Å². The molecule has 3 rings (SSSR count). The van der Waals surface area contributed by atoms with E-state index in [9.17, 15) is 0 Å². The van der Waals surface area contributed by atoms with Crippen LogP contribution in [0.1, 0.15) is 31.5 Å². The van der Waals surface area contributed by atoms with Crippen molar-refractivity contribution >= 4 is 11.6 Å². The van der Waals surface area contributed by atoms with Gasteiger partial charge in [-0.2, -0.15) is 0 Å². The van der Waals surface area contributed by atoms with Gasteiger partial charge in [0.25, 0.3) is 0 Å². The molecule has 2 fully saturated rings. The maximum absolute atomic E-state index is 5.82. The van der Waals surface area contributed by atoms with E-state index in [1.165, 1.54) is 25.7 Å². The third kappa shape index (κ3) is 2.03. The highest BCUT2D eigenvalue weighted by atomic mass is 35.5. The minimum atomic E-state index is 0.474. The van der Waals surface area contributed by atoms with E-state index in [0.29, 0.717) is 5.88 Å². The van der Waals surface area contributed by atoms with Crippen molar-refractivity contribution in [3.8, 4) is 0 Å². The van der Waals surface area contributed by atoms with E-state index >= 15 is 0 Å². The first kappa shape index (κ1) is 9.64. The molecule has 0 spiro atoms. The van der Waals surface area contributed by atoms with E-state index in [-0.39, 0.29) is 0 Å². The molecule has 1 aromatic rings. The summed E-state index contributed by atoms with van der Waals surface area (Å²) in [6.07, 6.45) is 7.55. The predicted molar refractivity (Wildman–Crippen MR) is 58.5 cm³/mol. The Kier molecular flexibility index (Phi) is 2.43. The molecule has 1 aromatic heterocycles. The van der Waals surface area contributed by atoms with Crippen molar-refractivity contribution in [1.82, 2.24) is 14.8 Å². The summed E-state index contributed by atoms with van der Waals surface area (Å²) in [5.41, 5.74) is 0. The zero-order chi connectivity index (χ0) is 10.3. The van der Waals surface area contributed by atoms with Crippen molar-refractivity contribution in [2.75, 3.05) is 0 Å². The Hall–Kier alpha value is -0.570. The van der Waals surface area contributed by atoms with E-state index in [0.717, 1.165) is 30.1 Å². The van der Waals surface area contributed by atoms with Crippen LogP contribution in [-0.2, 0) is 12.4 Å². The molecule has 0 aromatic carbocycles. The van der Waals surface area contributed by atoms with Crippen LogP contribution in [0.5, 0.6) is 0 Å². The van der Waals surface area contributed by atoms with E-state index < -0.39 is 0 Å². The van der Waals surface area contributed by atoms with Crippen molar-refractivity contribution in [2.24, 2.45) is 17.8 Å². The molecule has 0 bridgehead atoms. The van der Waals surface area contributed by atoms with Crippen LogP contribution in [0, 0.1) is 17.8 Å². The Labute approximate surface area is 94.8 Å². The molecule has 2 saturated carbocycles. The van der Waals surface area contributed by atoms with E-state index in [1.807, 2.05) is 6.33 Å². The molecule has 0 radical (unpaired) electrons. The number of alkyl halides is 1. The van der Waals surface area contributed by atoms with Crippen LogP contribution >= 0.6 is 11.6 Å². The van der Waals surface area contributed by atoms with Gasteiger partial charge in [-0.25, -0.2) is 0 Å². The molecule has 2 aliphatic carbocycles. The molecule has 0 aliphatic heterocycles. The van der Waals surface area contributed by atoms with Crippen LogP contribution in [0.15, 0.2) is 6.33 Å². The minimum Gasteiger partial charge on any atom is -0.316 e. The number of hydrogen-bond donors (Lipinski definition) is 0. The second-order valence-corrected chi connectivity index (χ2v) is 5.14. The van der Waals surface area contributed by atoms with Crippen molar-refractivity contribution in [2.45, 2.75) is 38.1 Å².